The molecule has 0 aliphatic carbocycles. The molecule has 0 saturated carbocycles. The van der Waals surface area contributed by atoms with Gasteiger partial charge in [0, 0.05) is 29.7 Å². The highest BCUT2D eigenvalue weighted by atomic mass is 35.5. The van der Waals surface area contributed by atoms with E-state index in [1.165, 1.54) is 52.8 Å². The quantitative estimate of drug-likeness (QED) is 0.308. The second-order valence-corrected chi connectivity index (χ2v) is 11.2. The number of nitrogens with zero attached hydrogens (tertiary/aromatic N) is 1. The lowest BCUT2D eigenvalue weighted by atomic mass is 9.77. The summed E-state index contributed by atoms with van der Waals surface area (Å²) >= 11 is 5.86. The van der Waals surface area contributed by atoms with Crippen LogP contribution in [0.4, 0.5) is 32.0 Å². The third-order valence-electron chi connectivity index (χ3n) is 6.52. The summed E-state index contributed by atoms with van der Waals surface area (Å²) in [7, 11) is -3.99. The molecule has 0 radical (unpaired) electrons. The van der Waals surface area contributed by atoms with Gasteiger partial charge < -0.3 is 0 Å². The molecule has 38 heavy (non-hydrogen) atoms. The maximum absolute atomic E-state index is 13.1. The van der Waals surface area contributed by atoms with Crippen molar-refractivity contribution in [3.63, 3.8) is 0 Å². The summed E-state index contributed by atoms with van der Waals surface area (Å²) in [6, 6.07) is 15.0. The van der Waals surface area contributed by atoms with Crippen LogP contribution >= 0.6 is 11.6 Å². The monoisotopic (exact) mass is 576 g/mol. The van der Waals surface area contributed by atoms with Crippen LogP contribution < -0.4 is 4.72 Å². The average molecular weight is 577 g/mol. The summed E-state index contributed by atoms with van der Waals surface area (Å²) in [5.41, 5.74) is -0.501. The zero-order valence-electron chi connectivity index (χ0n) is 19.7. The minimum absolute atomic E-state index is 0.0234. The molecular weight excluding hydrogens is 554 g/mol. The molecule has 12 heteroatoms. The van der Waals surface area contributed by atoms with E-state index in [1.807, 2.05) is 0 Å². The van der Waals surface area contributed by atoms with Gasteiger partial charge in [0.05, 0.1) is 11.1 Å². The van der Waals surface area contributed by atoms with E-state index in [2.05, 4.69) is 4.72 Å². The summed E-state index contributed by atoms with van der Waals surface area (Å²) in [6.07, 6.45) is -8.11. The van der Waals surface area contributed by atoms with Crippen molar-refractivity contribution in [2.45, 2.75) is 31.1 Å². The Hall–Kier alpha value is -2.76. The lowest BCUT2D eigenvalue weighted by Crippen LogP contribution is -2.44. The zero-order valence-corrected chi connectivity index (χ0v) is 21.3. The standard InChI is InChI=1S/C26H23ClF6N2O2S/c27-22-11-13-23(14-12-22)34-38(36,37)35-15-1-2-19(16-35)24(17-3-7-20(8-4-17)25(28,29)30)18-5-9-21(10-6-18)26(31,32)33/h3-14,19,24,34H,1-2,15-16H2. The van der Waals surface area contributed by atoms with Crippen molar-refractivity contribution in [3.8, 4) is 0 Å². The number of piperidine rings is 1. The summed E-state index contributed by atoms with van der Waals surface area (Å²) in [5.74, 6) is -1.04. The van der Waals surface area contributed by atoms with Gasteiger partial charge in [-0.25, -0.2) is 0 Å². The lowest BCUT2D eigenvalue weighted by Gasteiger charge is -2.37. The van der Waals surface area contributed by atoms with Gasteiger partial charge in [0.25, 0.3) is 0 Å². The summed E-state index contributed by atoms with van der Waals surface area (Å²) in [5, 5.41) is 0.432. The Balaban J connectivity index is 1.66. The summed E-state index contributed by atoms with van der Waals surface area (Å²) < 4.78 is 109. The van der Waals surface area contributed by atoms with Gasteiger partial charge in [-0.15, -0.1) is 0 Å². The lowest BCUT2D eigenvalue weighted by molar-refractivity contribution is -0.138. The maximum atomic E-state index is 13.1. The fraction of sp³-hybridized carbons (Fsp3) is 0.308. The maximum Gasteiger partial charge on any atom is 0.416 e. The first kappa shape index (κ1) is 28.3. The van der Waals surface area contributed by atoms with Crippen LogP contribution in [0.5, 0.6) is 0 Å². The Morgan fingerprint density at radius 2 is 1.26 bits per heavy atom. The average Bonchev–Trinajstić information content (AvgIpc) is 2.85. The highest BCUT2D eigenvalue weighted by Gasteiger charge is 2.36. The van der Waals surface area contributed by atoms with Crippen molar-refractivity contribution in [1.29, 1.82) is 0 Å². The van der Waals surface area contributed by atoms with Crippen molar-refractivity contribution in [3.05, 3.63) is 100 Å². The molecule has 1 unspecified atom stereocenters. The van der Waals surface area contributed by atoms with E-state index in [1.54, 1.807) is 0 Å². The molecule has 1 atom stereocenters. The molecule has 3 aromatic carbocycles. The first-order chi connectivity index (χ1) is 17.7. The molecule has 0 bridgehead atoms. The topological polar surface area (TPSA) is 49.4 Å². The Bertz CT molecular complexity index is 1290. The molecular formula is C26H23ClF6N2O2S. The minimum Gasteiger partial charge on any atom is -0.271 e. The van der Waals surface area contributed by atoms with Gasteiger partial charge in [-0.3, -0.25) is 4.72 Å². The van der Waals surface area contributed by atoms with Crippen LogP contribution in [0.25, 0.3) is 0 Å². The van der Waals surface area contributed by atoms with Gasteiger partial charge in [0.2, 0.25) is 0 Å². The van der Waals surface area contributed by atoms with Crippen LogP contribution in [0, 0.1) is 5.92 Å². The van der Waals surface area contributed by atoms with Crippen LogP contribution in [0.2, 0.25) is 5.02 Å². The predicted molar refractivity (Wildman–Crippen MR) is 133 cm³/mol. The molecule has 204 valence electrons. The Morgan fingerprint density at radius 1 is 0.789 bits per heavy atom. The van der Waals surface area contributed by atoms with E-state index in [9.17, 15) is 34.8 Å². The molecule has 1 N–H and O–H groups in total. The van der Waals surface area contributed by atoms with Crippen LogP contribution in [-0.4, -0.2) is 25.8 Å². The first-order valence-corrected chi connectivity index (χ1v) is 13.4. The summed E-state index contributed by atoms with van der Waals surface area (Å²) in [6.45, 7) is 0.238. The fourth-order valence-corrected chi connectivity index (χ4v) is 6.14. The van der Waals surface area contributed by atoms with Crippen LogP contribution in [-0.2, 0) is 22.6 Å². The molecule has 1 fully saturated rings. The highest BCUT2D eigenvalue weighted by molar-refractivity contribution is 7.90. The fourth-order valence-electron chi connectivity index (χ4n) is 4.69. The molecule has 0 aromatic heterocycles. The number of nitrogens with one attached hydrogen (secondary N) is 1. The van der Waals surface area contributed by atoms with Crippen LogP contribution in [0.15, 0.2) is 72.8 Å². The number of benzene rings is 3. The number of anilines is 1. The van der Waals surface area contributed by atoms with Gasteiger partial charge in [0.1, 0.15) is 0 Å². The van der Waals surface area contributed by atoms with Crippen molar-refractivity contribution in [2.24, 2.45) is 5.92 Å². The predicted octanol–water partition coefficient (Wildman–Crippen LogP) is 7.58. The van der Waals surface area contributed by atoms with Gasteiger partial charge in [0.15, 0.2) is 0 Å². The van der Waals surface area contributed by atoms with E-state index in [-0.39, 0.29) is 13.1 Å². The van der Waals surface area contributed by atoms with Crippen molar-refractivity contribution < 1.29 is 34.8 Å². The molecule has 3 aromatic rings. The number of halogens is 7. The number of hydrogen-bond acceptors (Lipinski definition) is 2. The first-order valence-electron chi connectivity index (χ1n) is 11.6. The van der Waals surface area contributed by atoms with Gasteiger partial charge in [-0.05, 0) is 78.4 Å². The molecule has 0 amide bonds. The van der Waals surface area contributed by atoms with Gasteiger partial charge >= 0.3 is 22.6 Å². The van der Waals surface area contributed by atoms with Gasteiger partial charge in [-0.1, -0.05) is 35.9 Å². The smallest absolute Gasteiger partial charge is 0.271 e. The van der Waals surface area contributed by atoms with Gasteiger partial charge in [-0.2, -0.15) is 39.1 Å². The van der Waals surface area contributed by atoms with E-state index < -0.39 is 45.5 Å². The van der Waals surface area contributed by atoms with Crippen LogP contribution in [0.1, 0.15) is 41.0 Å². The minimum atomic E-state index is -4.55. The Kier molecular flexibility index (Phi) is 8.02. The second kappa shape index (κ2) is 10.8. The SMILES string of the molecule is O=S(=O)(Nc1ccc(Cl)cc1)N1CCCC(C(c2ccc(C(F)(F)F)cc2)c2ccc(C(F)(F)F)cc2)C1. The Labute approximate surface area is 221 Å². The van der Waals surface area contributed by atoms with Crippen molar-refractivity contribution >= 4 is 27.5 Å². The molecule has 1 saturated heterocycles. The van der Waals surface area contributed by atoms with E-state index in [0.29, 0.717) is 34.7 Å². The number of rotatable bonds is 6. The highest BCUT2D eigenvalue weighted by Crippen LogP contribution is 2.40. The third-order valence-corrected chi connectivity index (χ3v) is 8.27. The molecule has 1 heterocycles. The van der Waals surface area contributed by atoms with E-state index in [4.69, 9.17) is 11.6 Å². The molecule has 1 aliphatic rings. The molecule has 4 rings (SSSR count). The third kappa shape index (κ3) is 6.62. The van der Waals surface area contributed by atoms with Crippen molar-refractivity contribution in [1.82, 2.24) is 4.31 Å². The number of hydrogen-bond donors (Lipinski definition) is 1. The van der Waals surface area contributed by atoms with Crippen LogP contribution in [0.3, 0.4) is 0 Å². The zero-order chi connectivity index (χ0) is 27.7. The molecule has 0 spiro atoms. The van der Waals surface area contributed by atoms with E-state index >= 15 is 0 Å². The summed E-state index contributed by atoms with van der Waals surface area (Å²) in [4.78, 5) is 0. The largest absolute Gasteiger partial charge is 0.416 e. The molecule has 4 nitrogen and oxygen atoms in total. The second-order valence-electron chi connectivity index (χ2n) is 9.09. The number of alkyl halides is 6. The van der Waals surface area contributed by atoms with Crippen molar-refractivity contribution in [2.75, 3.05) is 17.8 Å². The molecule has 1 aliphatic heterocycles. The normalized spacial score (nSPS) is 17.5. The Morgan fingerprint density at radius 3 is 1.71 bits per heavy atom. The van der Waals surface area contributed by atoms with E-state index in [0.717, 1.165) is 24.3 Å².